The highest BCUT2D eigenvalue weighted by Crippen LogP contribution is 2.44. The first-order chi connectivity index (χ1) is 13.1. The minimum Gasteiger partial charge on any atom is -0.375 e. The Bertz CT molecular complexity index is 697. The van der Waals surface area contributed by atoms with Gasteiger partial charge in [0.25, 0.3) is 5.91 Å². The van der Waals surface area contributed by atoms with Gasteiger partial charge in [0.2, 0.25) is 5.91 Å². The van der Waals surface area contributed by atoms with E-state index in [1.807, 2.05) is 4.90 Å². The predicted octanol–water partition coefficient (Wildman–Crippen LogP) is 3.68. The summed E-state index contributed by atoms with van der Waals surface area (Å²) in [5, 5.41) is 6.92. The molecule has 27 heavy (non-hydrogen) atoms. The fraction of sp³-hybridized carbons (Fsp3) is 0.619. The van der Waals surface area contributed by atoms with Crippen molar-refractivity contribution in [2.24, 2.45) is 11.8 Å². The highest BCUT2D eigenvalue weighted by molar-refractivity contribution is 6.31. The van der Waals surface area contributed by atoms with E-state index in [-0.39, 0.29) is 18.4 Å². The third-order valence-corrected chi connectivity index (χ3v) is 6.12. The molecule has 3 aliphatic rings. The summed E-state index contributed by atoms with van der Waals surface area (Å²) >= 11 is 6.14. The number of nitrogens with one attached hydrogen (secondary N) is 2. The summed E-state index contributed by atoms with van der Waals surface area (Å²) in [7, 11) is 0. The van der Waals surface area contributed by atoms with E-state index < -0.39 is 0 Å². The Morgan fingerprint density at radius 1 is 1.07 bits per heavy atom. The van der Waals surface area contributed by atoms with Crippen LogP contribution in [0, 0.1) is 11.8 Å². The number of amides is 2. The Morgan fingerprint density at radius 3 is 2.37 bits per heavy atom. The van der Waals surface area contributed by atoms with E-state index >= 15 is 0 Å². The lowest BCUT2D eigenvalue weighted by Crippen LogP contribution is -2.41. The van der Waals surface area contributed by atoms with Gasteiger partial charge < -0.3 is 15.5 Å². The number of carbonyl (C=O) groups excluding carboxylic acids is 2. The predicted molar refractivity (Wildman–Crippen MR) is 107 cm³/mol. The van der Waals surface area contributed by atoms with Crippen LogP contribution in [0.4, 0.5) is 5.69 Å². The number of hydrogen-bond acceptors (Lipinski definition) is 3. The van der Waals surface area contributed by atoms with Crippen molar-refractivity contribution in [2.45, 2.75) is 51.0 Å². The lowest BCUT2D eigenvalue weighted by atomic mass is 10.1. The van der Waals surface area contributed by atoms with Gasteiger partial charge in [-0.2, -0.15) is 0 Å². The van der Waals surface area contributed by atoms with Gasteiger partial charge >= 0.3 is 0 Å². The number of carbonyl (C=O) groups is 2. The van der Waals surface area contributed by atoms with Gasteiger partial charge in [0.15, 0.2) is 0 Å². The number of nitrogens with zero attached hydrogens (tertiary/aromatic N) is 1. The quantitative estimate of drug-likeness (QED) is 0.747. The molecule has 2 N–H and O–H groups in total. The molecule has 5 nitrogen and oxygen atoms in total. The van der Waals surface area contributed by atoms with Crippen LogP contribution in [0.25, 0.3) is 0 Å². The number of anilines is 1. The second-order valence-electron chi connectivity index (χ2n) is 8.16. The lowest BCUT2D eigenvalue weighted by Gasteiger charge is -2.27. The molecule has 0 atom stereocenters. The molecule has 1 aromatic rings. The maximum atomic E-state index is 12.9. The van der Waals surface area contributed by atoms with Crippen molar-refractivity contribution >= 4 is 29.1 Å². The van der Waals surface area contributed by atoms with Crippen LogP contribution >= 0.6 is 11.6 Å². The average Bonchev–Trinajstić information content (AvgIpc) is 3.57. The van der Waals surface area contributed by atoms with Crippen LogP contribution in [-0.2, 0) is 4.79 Å². The van der Waals surface area contributed by atoms with Gasteiger partial charge in [-0.15, -0.1) is 0 Å². The first-order valence-corrected chi connectivity index (χ1v) is 10.6. The lowest BCUT2D eigenvalue weighted by molar-refractivity contribution is -0.120. The zero-order valence-electron chi connectivity index (χ0n) is 15.7. The third-order valence-electron chi connectivity index (χ3n) is 5.88. The van der Waals surface area contributed by atoms with Gasteiger partial charge in [-0.3, -0.25) is 9.59 Å². The first-order valence-electron chi connectivity index (χ1n) is 10.2. The molecule has 2 amide bonds. The van der Waals surface area contributed by atoms with Crippen LogP contribution < -0.4 is 10.6 Å². The fourth-order valence-electron chi connectivity index (χ4n) is 4.06. The Morgan fingerprint density at radius 2 is 1.74 bits per heavy atom. The van der Waals surface area contributed by atoms with E-state index in [9.17, 15) is 9.59 Å². The molecule has 0 radical (unpaired) electrons. The van der Waals surface area contributed by atoms with Gasteiger partial charge in [-0.1, -0.05) is 11.6 Å². The second-order valence-corrected chi connectivity index (χ2v) is 8.60. The molecule has 3 fully saturated rings. The molecule has 0 unspecified atom stereocenters. The molecule has 2 aliphatic carbocycles. The Kier molecular flexibility index (Phi) is 5.58. The normalized spacial score (nSPS) is 19.9. The van der Waals surface area contributed by atoms with E-state index in [0.717, 1.165) is 25.9 Å². The highest BCUT2D eigenvalue weighted by atomic mass is 35.5. The van der Waals surface area contributed by atoms with E-state index in [1.54, 1.807) is 18.2 Å². The maximum absolute atomic E-state index is 12.9. The number of halogens is 1. The van der Waals surface area contributed by atoms with Crippen molar-refractivity contribution in [3.63, 3.8) is 0 Å². The number of benzene rings is 1. The van der Waals surface area contributed by atoms with Crippen molar-refractivity contribution in [3.8, 4) is 0 Å². The molecule has 146 valence electrons. The molecule has 0 bridgehead atoms. The van der Waals surface area contributed by atoms with Crippen LogP contribution in [0.5, 0.6) is 0 Å². The van der Waals surface area contributed by atoms with Gasteiger partial charge in [-0.25, -0.2) is 0 Å². The van der Waals surface area contributed by atoms with Crippen LogP contribution in [0.1, 0.15) is 55.3 Å². The number of piperidine rings is 1. The minimum absolute atomic E-state index is 0.00449. The molecule has 1 aromatic carbocycles. The molecular weight excluding hydrogens is 362 g/mol. The SMILES string of the molecule is O=C(CNc1cc(Cl)ccc1C(=O)N1CCCCC1)NC(C1CC1)C1CC1. The topological polar surface area (TPSA) is 61.4 Å². The van der Waals surface area contributed by atoms with Crippen LogP contribution in [0.2, 0.25) is 5.02 Å². The number of likely N-dealkylation sites (tertiary alicyclic amines) is 1. The summed E-state index contributed by atoms with van der Waals surface area (Å²) in [5.74, 6) is 1.35. The fourth-order valence-corrected chi connectivity index (χ4v) is 4.23. The van der Waals surface area contributed by atoms with Crippen LogP contribution in [-0.4, -0.2) is 42.4 Å². The monoisotopic (exact) mass is 389 g/mol. The summed E-state index contributed by atoms with van der Waals surface area (Å²) in [6.07, 6.45) is 8.21. The number of hydrogen-bond donors (Lipinski definition) is 2. The Labute approximate surface area is 165 Å². The largest absolute Gasteiger partial charge is 0.375 e. The molecule has 1 heterocycles. The molecule has 2 saturated carbocycles. The average molecular weight is 390 g/mol. The van der Waals surface area contributed by atoms with Gasteiger partial charge in [0.05, 0.1) is 12.1 Å². The summed E-state index contributed by atoms with van der Waals surface area (Å²) in [6, 6.07) is 5.58. The Hall–Kier alpha value is -1.75. The number of rotatable bonds is 7. The molecule has 6 heteroatoms. The summed E-state index contributed by atoms with van der Waals surface area (Å²) < 4.78 is 0. The summed E-state index contributed by atoms with van der Waals surface area (Å²) in [6.45, 7) is 1.76. The molecule has 1 saturated heterocycles. The third kappa shape index (κ3) is 4.75. The van der Waals surface area contributed by atoms with Crippen molar-refractivity contribution in [2.75, 3.05) is 25.0 Å². The van der Waals surface area contributed by atoms with Crippen molar-refractivity contribution < 1.29 is 9.59 Å². The first kappa shape index (κ1) is 18.6. The van der Waals surface area contributed by atoms with Gasteiger partial charge in [0, 0.05) is 29.8 Å². The molecule has 4 rings (SSSR count). The van der Waals surface area contributed by atoms with Gasteiger partial charge in [0.1, 0.15) is 0 Å². The molecular formula is C21H28ClN3O2. The second kappa shape index (κ2) is 8.09. The molecule has 0 spiro atoms. The Balaban J connectivity index is 1.39. The summed E-state index contributed by atoms with van der Waals surface area (Å²) in [5.41, 5.74) is 1.23. The zero-order valence-corrected chi connectivity index (χ0v) is 16.4. The molecule has 0 aromatic heterocycles. The zero-order chi connectivity index (χ0) is 18.8. The van der Waals surface area contributed by atoms with Crippen LogP contribution in [0.15, 0.2) is 18.2 Å². The van der Waals surface area contributed by atoms with Crippen molar-refractivity contribution in [1.29, 1.82) is 0 Å². The molecule has 1 aliphatic heterocycles. The highest BCUT2D eigenvalue weighted by Gasteiger charge is 2.42. The van der Waals surface area contributed by atoms with Crippen molar-refractivity contribution in [1.82, 2.24) is 10.2 Å². The van der Waals surface area contributed by atoms with Crippen LogP contribution in [0.3, 0.4) is 0 Å². The van der Waals surface area contributed by atoms with E-state index in [2.05, 4.69) is 10.6 Å². The smallest absolute Gasteiger partial charge is 0.255 e. The maximum Gasteiger partial charge on any atom is 0.255 e. The minimum atomic E-state index is -0.00449. The van der Waals surface area contributed by atoms with Crippen molar-refractivity contribution in [3.05, 3.63) is 28.8 Å². The van der Waals surface area contributed by atoms with E-state index in [4.69, 9.17) is 11.6 Å². The van der Waals surface area contributed by atoms with Gasteiger partial charge in [-0.05, 0) is 75.0 Å². The van der Waals surface area contributed by atoms with E-state index in [1.165, 1.54) is 32.1 Å². The summed E-state index contributed by atoms with van der Waals surface area (Å²) in [4.78, 5) is 27.2. The standard InChI is InChI=1S/C21H28ClN3O2/c22-16-8-9-17(21(27)25-10-2-1-3-11-25)18(12-16)23-13-19(26)24-20(14-4-5-14)15-6-7-15/h8-9,12,14-15,20,23H,1-7,10-11,13H2,(H,24,26). The van der Waals surface area contributed by atoms with E-state index in [0.29, 0.717) is 34.2 Å².